The van der Waals surface area contributed by atoms with Crippen molar-refractivity contribution in [2.45, 2.75) is 23.7 Å². The molecule has 0 heterocycles. The van der Waals surface area contributed by atoms with E-state index in [-0.39, 0.29) is 11.3 Å². The van der Waals surface area contributed by atoms with Crippen molar-refractivity contribution < 1.29 is 19.0 Å². The molecule has 0 aliphatic heterocycles. The van der Waals surface area contributed by atoms with Gasteiger partial charge in [0.25, 0.3) is 0 Å². The number of carbonyl (C=O) groups is 1. The van der Waals surface area contributed by atoms with E-state index in [1.54, 1.807) is 39.5 Å². The van der Waals surface area contributed by atoms with Gasteiger partial charge in [-0.3, -0.25) is 9.59 Å². The molecule has 0 aromatic heterocycles. The van der Waals surface area contributed by atoms with Gasteiger partial charge in [0.05, 0.1) is 26.2 Å². The minimum absolute atomic E-state index is 0.0711. The van der Waals surface area contributed by atoms with Gasteiger partial charge < -0.3 is 19.9 Å². The highest BCUT2D eigenvalue weighted by Crippen LogP contribution is 2.51. The highest BCUT2D eigenvalue weighted by atomic mass is 32.2. The minimum Gasteiger partial charge on any atom is -0.493 e. The number of thioether (sulfide) groups is 1. The number of aryl methyl sites for hydroxylation is 1. The zero-order chi connectivity index (χ0) is 24.4. The molecular formula is C27H27NO5S. The van der Waals surface area contributed by atoms with Crippen LogP contribution in [0.15, 0.2) is 58.2 Å². The topological polar surface area (TPSA) is 87.8 Å². The first-order valence-corrected chi connectivity index (χ1v) is 12.1. The van der Waals surface area contributed by atoms with Crippen LogP contribution in [0.3, 0.4) is 0 Å². The van der Waals surface area contributed by atoms with Crippen molar-refractivity contribution in [2.24, 2.45) is 5.73 Å². The lowest BCUT2D eigenvalue weighted by molar-refractivity contribution is 0.0999. The van der Waals surface area contributed by atoms with Crippen molar-refractivity contribution >= 4 is 17.7 Å². The number of rotatable bonds is 6. The Hall–Kier alpha value is -3.45. The highest BCUT2D eigenvalue weighted by Gasteiger charge is 2.31. The van der Waals surface area contributed by atoms with E-state index in [2.05, 4.69) is 0 Å². The number of benzene rings is 2. The number of hydrogen-bond donors (Lipinski definition) is 1. The molecule has 0 saturated carbocycles. The van der Waals surface area contributed by atoms with E-state index in [4.69, 9.17) is 19.9 Å². The van der Waals surface area contributed by atoms with Gasteiger partial charge in [0.2, 0.25) is 11.7 Å². The van der Waals surface area contributed by atoms with E-state index in [9.17, 15) is 9.59 Å². The summed E-state index contributed by atoms with van der Waals surface area (Å²) < 4.78 is 17.1. The summed E-state index contributed by atoms with van der Waals surface area (Å²) in [6.07, 6.45) is 3.22. The smallest absolute Gasteiger partial charge is 0.248 e. The molecule has 1 aliphatic rings. The minimum atomic E-state index is -0.493. The molecule has 7 heteroatoms. The molecule has 1 atom stereocenters. The van der Waals surface area contributed by atoms with Crippen LogP contribution in [0.4, 0.5) is 0 Å². The van der Waals surface area contributed by atoms with Gasteiger partial charge in [0, 0.05) is 17.0 Å². The lowest BCUT2D eigenvalue weighted by Crippen LogP contribution is -2.16. The maximum Gasteiger partial charge on any atom is 0.248 e. The van der Waals surface area contributed by atoms with Gasteiger partial charge in [0.1, 0.15) is 0 Å². The largest absolute Gasteiger partial charge is 0.493 e. The molecule has 1 aliphatic carbocycles. The Morgan fingerprint density at radius 2 is 1.71 bits per heavy atom. The lowest BCUT2D eigenvalue weighted by Gasteiger charge is -2.20. The highest BCUT2D eigenvalue weighted by molar-refractivity contribution is 7.98. The molecule has 0 saturated heterocycles. The number of amides is 1. The van der Waals surface area contributed by atoms with Crippen LogP contribution in [0.5, 0.6) is 17.2 Å². The molecule has 6 nitrogen and oxygen atoms in total. The first kappa shape index (κ1) is 23.7. The van der Waals surface area contributed by atoms with Gasteiger partial charge in [-0.15, -0.1) is 11.8 Å². The summed E-state index contributed by atoms with van der Waals surface area (Å²) in [4.78, 5) is 26.0. The SMILES string of the molecule is COc1cc2c(c(OC)c1OC)-c1ccc(SC)c(=O)cc1[C@@H](c1ccccc1C(N)=O)CC2. The van der Waals surface area contributed by atoms with E-state index in [0.29, 0.717) is 40.5 Å². The van der Waals surface area contributed by atoms with Crippen LogP contribution in [-0.4, -0.2) is 33.5 Å². The van der Waals surface area contributed by atoms with Gasteiger partial charge in [0.15, 0.2) is 16.9 Å². The predicted molar refractivity (Wildman–Crippen MR) is 135 cm³/mol. The molecule has 176 valence electrons. The fourth-order valence-electron chi connectivity index (χ4n) is 4.82. The maximum atomic E-state index is 13.1. The number of ether oxygens (including phenoxy) is 3. The monoisotopic (exact) mass is 477 g/mol. The zero-order valence-electron chi connectivity index (χ0n) is 19.6. The van der Waals surface area contributed by atoms with Gasteiger partial charge in [-0.05, 0) is 65.6 Å². The zero-order valence-corrected chi connectivity index (χ0v) is 20.5. The fourth-order valence-corrected chi connectivity index (χ4v) is 5.28. The molecule has 0 bridgehead atoms. The normalized spacial score (nSPS) is 14.4. The molecule has 0 fully saturated rings. The molecule has 34 heavy (non-hydrogen) atoms. The number of primary amides is 1. The Labute approximate surface area is 203 Å². The van der Waals surface area contributed by atoms with Crippen LogP contribution in [0.2, 0.25) is 0 Å². The third-order valence-corrected chi connectivity index (χ3v) is 7.10. The first-order valence-electron chi connectivity index (χ1n) is 10.9. The van der Waals surface area contributed by atoms with Crippen LogP contribution in [0.1, 0.15) is 39.4 Å². The van der Waals surface area contributed by atoms with Crippen LogP contribution in [-0.2, 0) is 6.42 Å². The molecule has 2 N–H and O–H groups in total. The molecule has 3 aromatic rings. The van der Waals surface area contributed by atoms with Crippen LogP contribution in [0, 0.1) is 0 Å². The lowest BCUT2D eigenvalue weighted by atomic mass is 9.84. The maximum absolute atomic E-state index is 13.1. The summed E-state index contributed by atoms with van der Waals surface area (Å²) in [5.41, 5.74) is 10.5. The van der Waals surface area contributed by atoms with Gasteiger partial charge >= 0.3 is 0 Å². The fraction of sp³-hybridized carbons (Fsp3) is 0.259. The summed E-state index contributed by atoms with van der Waals surface area (Å²) in [5, 5.41) is 0. The average Bonchev–Trinajstić information content (AvgIpc) is 3.10. The molecule has 0 spiro atoms. The Bertz CT molecular complexity index is 1320. The second-order valence-electron chi connectivity index (χ2n) is 8.00. The van der Waals surface area contributed by atoms with Crippen molar-refractivity contribution in [3.05, 3.63) is 81.0 Å². The van der Waals surface area contributed by atoms with Crippen molar-refractivity contribution in [3.8, 4) is 28.4 Å². The average molecular weight is 478 g/mol. The molecule has 0 radical (unpaired) electrons. The van der Waals surface area contributed by atoms with E-state index >= 15 is 0 Å². The second kappa shape index (κ2) is 9.81. The number of nitrogens with two attached hydrogens (primary N) is 1. The number of hydrogen-bond acceptors (Lipinski definition) is 6. The van der Waals surface area contributed by atoms with Gasteiger partial charge in [-0.2, -0.15) is 0 Å². The van der Waals surface area contributed by atoms with E-state index in [1.165, 1.54) is 11.8 Å². The standard InChI is InChI=1S/C27H27NO5S/c1-31-22-13-15-9-10-17(16-7-5-6-8-19(16)27(28)30)20-14-21(29)23(34-4)12-11-18(20)24(15)26(33-3)25(22)32-2/h5-8,11-14,17H,9-10H2,1-4H3,(H2,28,30)/t17-/m1/s1. The van der Waals surface area contributed by atoms with Crippen LogP contribution in [0.25, 0.3) is 11.1 Å². The Balaban J connectivity index is 2.12. The van der Waals surface area contributed by atoms with Crippen molar-refractivity contribution in [2.75, 3.05) is 27.6 Å². The van der Waals surface area contributed by atoms with E-state index in [1.807, 2.05) is 36.6 Å². The summed E-state index contributed by atoms with van der Waals surface area (Å²) in [6, 6.07) is 14.8. The first-order chi connectivity index (χ1) is 16.4. The predicted octanol–water partition coefficient (Wildman–Crippen LogP) is 4.64. The quantitative estimate of drug-likeness (QED) is 0.521. The Kier molecular flexibility index (Phi) is 6.84. The number of carbonyl (C=O) groups excluding carboxylic acids is 1. The molecule has 4 rings (SSSR count). The third kappa shape index (κ3) is 4.01. The summed E-state index contributed by atoms with van der Waals surface area (Å²) in [5.74, 6) is 0.899. The van der Waals surface area contributed by atoms with Crippen molar-refractivity contribution in [1.29, 1.82) is 0 Å². The second-order valence-corrected chi connectivity index (χ2v) is 8.85. The van der Waals surface area contributed by atoms with Crippen molar-refractivity contribution in [3.63, 3.8) is 0 Å². The molecule has 3 aromatic carbocycles. The summed E-state index contributed by atoms with van der Waals surface area (Å²) >= 11 is 1.40. The Morgan fingerprint density at radius 3 is 2.35 bits per heavy atom. The van der Waals surface area contributed by atoms with Crippen LogP contribution >= 0.6 is 11.8 Å². The summed E-state index contributed by atoms with van der Waals surface area (Å²) in [6.45, 7) is 0. The third-order valence-electron chi connectivity index (χ3n) is 6.32. The molecule has 0 unspecified atom stereocenters. The van der Waals surface area contributed by atoms with Gasteiger partial charge in [-0.25, -0.2) is 0 Å². The Morgan fingerprint density at radius 1 is 0.971 bits per heavy atom. The molecular weight excluding hydrogens is 450 g/mol. The number of methoxy groups -OCH3 is 3. The van der Waals surface area contributed by atoms with E-state index < -0.39 is 5.91 Å². The van der Waals surface area contributed by atoms with E-state index in [0.717, 1.165) is 27.8 Å². The summed E-state index contributed by atoms with van der Waals surface area (Å²) in [7, 11) is 4.76. The van der Waals surface area contributed by atoms with Crippen LogP contribution < -0.4 is 25.4 Å². The van der Waals surface area contributed by atoms with Gasteiger partial charge in [-0.1, -0.05) is 24.3 Å². The van der Waals surface area contributed by atoms with Crippen molar-refractivity contribution in [1.82, 2.24) is 0 Å². The molecule has 1 amide bonds. The number of fused-ring (bicyclic) bond motifs is 3.